The fourth-order valence-corrected chi connectivity index (χ4v) is 3.00. The molecule has 0 saturated carbocycles. The van der Waals surface area contributed by atoms with Gasteiger partial charge in [-0.2, -0.15) is 5.48 Å². The Labute approximate surface area is 106 Å². The fourth-order valence-electron chi connectivity index (χ4n) is 1.53. The molecule has 0 spiro atoms. The van der Waals surface area contributed by atoms with Crippen LogP contribution in [-0.4, -0.2) is 33.8 Å². The van der Waals surface area contributed by atoms with Gasteiger partial charge in [0.1, 0.15) is 5.70 Å². The molecule has 2 rings (SSSR count). The summed E-state index contributed by atoms with van der Waals surface area (Å²) in [5.74, 6) is -1.04. The molecule has 0 aliphatic carbocycles. The molecule has 1 atom stereocenters. The molecule has 2 aliphatic rings. The number of carbonyl (C=O) groups excluding carboxylic acids is 3. The molecular formula is C9H9ClN2O4S. The average molecular weight is 277 g/mol. The number of fused-ring (bicyclic) bond motifs is 1. The predicted molar refractivity (Wildman–Crippen MR) is 60.5 cm³/mol. The van der Waals surface area contributed by atoms with E-state index in [1.807, 2.05) is 5.48 Å². The van der Waals surface area contributed by atoms with Gasteiger partial charge in [0.15, 0.2) is 0 Å². The van der Waals surface area contributed by atoms with Gasteiger partial charge in [0.25, 0.3) is 0 Å². The molecule has 0 unspecified atom stereocenters. The number of carbonyl (C=O) groups is 3. The number of rotatable bonds is 1. The highest BCUT2D eigenvalue weighted by Gasteiger charge is 2.45. The summed E-state index contributed by atoms with van der Waals surface area (Å²) in [6.45, 7) is 1.21. The SMILES string of the molecule is CC(=O)NOC(=O)C1=C(Cl)CS[C@H]2CC(=O)N12. The second kappa shape index (κ2) is 4.58. The van der Waals surface area contributed by atoms with Crippen molar-refractivity contribution in [1.82, 2.24) is 10.4 Å². The minimum Gasteiger partial charge on any atom is -0.334 e. The lowest BCUT2D eigenvalue weighted by molar-refractivity contribution is -0.158. The first kappa shape index (κ1) is 12.3. The number of nitrogens with one attached hydrogen (secondary N) is 1. The number of nitrogens with zero attached hydrogens (tertiary/aromatic N) is 1. The molecule has 17 heavy (non-hydrogen) atoms. The highest BCUT2D eigenvalue weighted by molar-refractivity contribution is 8.00. The van der Waals surface area contributed by atoms with Crippen LogP contribution in [0.15, 0.2) is 10.7 Å². The Kier molecular flexibility index (Phi) is 3.30. The molecule has 2 heterocycles. The molecule has 8 heteroatoms. The van der Waals surface area contributed by atoms with Gasteiger partial charge in [0, 0.05) is 12.7 Å². The van der Waals surface area contributed by atoms with E-state index in [1.165, 1.54) is 23.6 Å². The summed E-state index contributed by atoms with van der Waals surface area (Å²) in [4.78, 5) is 39.5. The number of hydrogen-bond donors (Lipinski definition) is 1. The summed E-state index contributed by atoms with van der Waals surface area (Å²) >= 11 is 7.39. The summed E-state index contributed by atoms with van der Waals surface area (Å²) in [6, 6.07) is 0. The second-order valence-electron chi connectivity index (χ2n) is 3.53. The maximum absolute atomic E-state index is 11.7. The molecule has 2 aliphatic heterocycles. The summed E-state index contributed by atoms with van der Waals surface area (Å²) in [5.41, 5.74) is 1.94. The Morgan fingerprint density at radius 1 is 1.59 bits per heavy atom. The minimum atomic E-state index is -0.816. The maximum atomic E-state index is 11.7. The van der Waals surface area contributed by atoms with E-state index in [2.05, 4.69) is 4.84 Å². The van der Waals surface area contributed by atoms with Crippen LogP contribution < -0.4 is 5.48 Å². The van der Waals surface area contributed by atoms with Crippen molar-refractivity contribution in [3.05, 3.63) is 10.7 Å². The zero-order valence-corrected chi connectivity index (χ0v) is 10.4. The fraction of sp³-hybridized carbons (Fsp3) is 0.444. The molecular weight excluding hydrogens is 268 g/mol. The van der Waals surface area contributed by atoms with Gasteiger partial charge < -0.3 is 4.84 Å². The van der Waals surface area contributed by atoms with Crippen molar-refractivity contribution < 1.29 is 19.2 Å². The summed E-state index contributed by atoms with van der Waals surface area (Å²) < 4.78 is 0. The predicted octanol–water partition coefficient (Wildman–Crippen LogP) is 0.336. The molecule has 92 valence electrons. The van der Waals surface area contributed by atoms with E-state index < -0.39 is 11.9 Å². The van der Waals surface area contributed by atoms with E-state index >= 15 is 0 Å². The highest BCUT2D eigenvalue weighted by atomic mass is 35.5. The first-order chi connectivity index (χ1) is 8.00. The zero-order chi connectivity index (χ0) is 12.6. The lowest BCUT2D eigenvalue weighted by atomic mass is 10.1. The van der Waals surface area contributed by atoms with Crippen molar-refractivity contribution in [3.63, 3.8) is 0 Å². The Bertz CT molecular complexity index is 437. The van der Waals surface area contributed by atoms with Gasteiger partial charge >= 0.3 is 5.97 Å². The Morgan fingerprint density at radius 2 is 2.29 bits per heavy atom. The van der Waals surface area contributed by atoms with Crippen LogP contribution in [-0.2, 0) is 19.2 Å². The van der Waals surface area contributed by atoms with Crippen LogP contribution in [0.3, 0.4) is 0 Å². The molecule has 0 radical (unpaired) electrons. The van der Waals surface area contributed by atoms with Crippen LogP contribution in [0.2, 0.25) is 0 Å². The minimum absolute atomic E-state index is 0.0282. The first-order valence-corrected chi connectivity index (χ1v) is 6.23. The monoisotopic (exact) mass is 276 g/mol. The molecule has 0 bridgehead atoms. The average Bonchev–Trinajstić information content (AvgIpc) is 2.26. The number of hydroxylamine groups is 1. The van der Waals surface area contributed by atoms with Gasteiger partial charge in [-0.05, 0) is 0 Å². The summed E-state index contributed by atoms with van der Waals surface area (Å²) in [6.07, 6.45) is 0.395. The molecule has 1 saturated heterocycles. The van der Waals surface area contributed by atoms with E-state index in [1.54, 1.807) is 0 Å². The van der Waals surface area contributed by atoms with Gasteiger partial charge in [0.2, 0.25) is 11.8 Å². The van der Waals surface area contributed by atoms with Gasteiger partial charge in [-0.25, -0.2) is 4.79 Å². The Hall–Kier alpha value is -1.21. The third-order valence-corrected chi connectivity index (χ3v) is 3.98. The number of amides is 2. The van der Waals surface area contributed by atoms with Crippen LogP contribution in [0.1, 0.15) is 13.3 Å². The number of β-lactam (4-membered cyclic amide) rings is 1. The van der Waals surface area contributed by atoms with E-state index in [-0.39, 0.29) is 22.0 Å². The van der Waals surface area contributed by atoms with E-state index in [0.717, 1.165) is 0 Å². The maximum Gasteiger partial charge on any atom is 0.380 e. The molecule has 6 nitrogen and oxygen atoms in total. The van der Waals surface area contributed by atoms with Crippen molar-refractivity contribution in [2.75, 3.05) is 5.75 Å². The Balaban J connectivity index is 2.13. The first-order valence-electron chi connectivity index (χ1n) is 4.80. The van der Waals surface area contributed by atoms with Crippen LogP contribution >= 0.6 is 23.4 Å². The van der Waals surface area contributed by atoms with Crippen molar-refractivity contribution in [1.29, 1.82) is 0 Å². The topological polar surface area (TPSA) is 75.7 Å². The standard InChI is InChI=1S/C9H9ClN2O4S/c1-4(13)11-16-9(15)8-5(10)3-17-7-2-6(14)12(7)8/h7H,2-3H2,1H3,(H,11,13)/t7-/m0/s1. The molecule has 1 N–H and O–H groups in total. The number of thioether (sulfide) groups is 1. The molecule has 1 fully saturated rings. The molecule has 2 amide bonds. The lowest BCUT2D eigenvalue weighted by Gasteiger charge is -2.43. The third-order valence-electron chi connectivity index (χ3n) is 2.29. The van der Waals surface area contributed by atoms with Gasteiger partial charge in [-0.3, -0.25) is 14.5 Å². The van der Waals surface area contributed by atoms with Crippen LogP contribution in [0.25, 0.3) is 0 Å². The van der Waals surface area contributed by atoms with Crippen molar-refractivity contribution in [2.45, 2.75) is 18.7 Å². The van der Waals surface area contributed by atoms with Gasteiger partial charge in [-0.1, -0.05) is 11.6 Å². The van der Waals surface area contributed by atoms with Crippen molar-refractivity contribution in [2.24, 2.45) is 0 Å². The van der Waals surface area contributed by atoms with E-state index in [9.17, 15) is 14.4 Å². The Morgan fingerprint density at radius 3 is 2.88 bits per heavy atom. The van der Waals surface area contributed by atoms with Crippen molar-refractivity contribution in [3.8, 4) is 0 Å². The lowest BCUT2D eigenvalue weighted by Crippen LogP contribution is -2.54. The molecule has 0 aromatic carbocycles. The second-order valence-corrected chi connectivity index (χ2v) is 5.16. The van der Waals surface area contributed by atoms with Gasteiger partial charge in [0.05, 0.1) is 16.8 Å². The third kappa shape index (κ3) is 2.25. The number of halogens is 1. The molecule has 0 aromatic heterocycles. The van der Waals surface area contributed by atoms with E-state index in [4.69, 9.17) is 11.6 Å². The van der Waals surface area contributed by atoms with Gasteiger partial charge in [-0.15, -0.1) is 11.8 Å². The summed E-state index contributed by atoms with van der Waals surface area (Å²) in [5, 5.41) is 0.208. The van der Waals surface area contributed by atoms with Crippen LogP contribution in [0.4, 0.5) is 0 Å². The van der Waals surface area contributed by atoms with Crippen LogP contribution in [0, 0.1) is 0 Å². The van der Waals surface area contributed by atoms with Crippen molar-refractivity contribution >= 4 is 41.1 Å². The highest BCUT2D eigenvalue weighted by Crippen LogP contribution is 2.41. The normalized spacial score (nSPS) is 22.8. The smallest absolute Gasteiger partial charge is 0.334 e. The number of hydrogen-bond acceptors (Lipinski definition) is 5. The van der Waals surface area contributed by atoms with E-state index in [0.29, 0.717) is 12.2 Å². The zero-order valence-electron chi connectivity index (χ0n) is 8.86. The molecule has 0 aromatic rings. The van der Waals surface area contributed by atoms with Crippen LogP contribution in [0.5, 0.6) is 0 Å². The largest absolute Gasteiger partial charge is 0.380 e. The quantitative estimate of drug-likeness (QED) is 0.552. The summed E-state index contributed by atoms with van der Waals surface area (Å²) in [7, 11) is 0.